The summed E-state index contributed by atoms with van der Waals surface area (Å²) in [5, 5.41) is 3.19. The van der Waals surface area contributed by atoms with Crippen LogP contribution in [0, 0.1) is 13.8 Å². The monoisotopic (exact) mass is 656 g/mol. The van der Waals surface area contributed by atoms with Crippen molar-refractivity contribution in [2.45, 2.75) is 48.8 Å². The normalized spacial score (nSPS) is 16.9. The van der Waals surface area contributed by atoms with E-state index in [2.05, 4.69) is 139 Å². The zero-order valence-electron chi connectivity index (χ0n) is 24.1. The Morgan fingerprint density at radius 2 is 0.850 bits per heavy atom. The van der Waals surface area contributed by atoms with Gasteiger partial charge in [0.15, 0.2) is 0 Å². The molecule has 2 atom stereocenters. The molecule has 0 aromatic heterocycles. The summed E-state index contributed by atoms with van der Waals surface area (Å²) < 4.78 is 1.17. The molecule has 0 radical (unpaired) electrons. The molecule has 0 heterocycles. The van der Waals surface area contributed by atoms with Gasteiger partial charge in [0.25, 0.3) is 0 Å². The first-order valence-corrected chi connectivity index (χ1v) is 21.8. The first-order valence-electron chi connectivity index (χ1n) is 13.8. The van der Waals surface area contributed by atoms with Crippen molar-refractivity contribution >= 4 is 27.0 Å². The molecule has 4 aromatic rings. The first-order chi connectivity index (χ1) is 18.4. The molecule has 0 bridgehead atoms. The zero-order valence-corrected chi connectivity index (χ0v) is 29.1. The first kappa shape index (κ1) is 31.0. The molecule has 2 unspecified atom stereocenters. The van der Waals surface area contributed by atoms with Crippen LogP contribution in [0.1, 0.15) is 68.3 Å². The molecule has 0 saturated heterocycles. The Morgan fingerprint density at radius 3 is 1.23 bits per heavy atom. The summed E-state index contributed by atoms with van der Waals surface area (Å²) >= 11 is -2.51. The number of halogens is 2. The smallest absolute Gasteiger partial charge is 1.00 e. The maximum absolute atomic E-state index is 2.51. The molecular formula is C36H36Cl2SiZr. The standard InChI is InChI=1S/C12H10Si.2C12H13.2ClH.Zr/c1-3-7-11(8-4-1)13-12-9-5-2-6-10-12;2*1-8-5-4-6-11-10(3)9(2)7-12(8)11;;;/h1-10H;2*4-7H,1-3H3;2*1H;/q;;;;;+2/p-2. The Hall–Kier alpha value is -1.96. The predicted octanol–water partition coefficient (Wildman–Crippen LogP) is 2.13. The van der Waals surface area contributed by atoms with Crippen molar-refractivity contribution in [1.29, 1.82) is 0 Å². The third kappa shape index (κ3) is 5.00. The van der Waals surface area contributed by atoms with E-state index in [1.807, 2.05) is 0 Å². The molecule has 0 N–H and O–H groups in total. The SMILES string of the molecule is CC1=C(C)[CH]([Zr+2]([CH]2C(C)=C(C)c3cccc(C)c32)=[Si](c2ccccc2)c2ccccc2)c2c(C)cccc21.[Cl-].[Cl-]. The van der Waals surface area contributed by atoms with Crippen LogP contribution in [0.15, 0.2) is 108 Å². The van der Waals surface area contributed by atoms with Gasteiger partial charge in [-0.05, 0) is 0 Å². The largest absolute Gasteiger partial charge is 1.00 e. The van der Waals surface area contributed by atoms with Crippen molar-refractivity contribution in [3.63, 3.8) is 0 Å². The van der Waals surface area contributed by atoms with E-state index < -0.39 is 25.8 Å². The number of allylic oxidation sites excluding steroid dienone is 4. The van der Waals surface area contributed by atoms with Crippen LogP contribution >= 0.6 is 0 Å². The Kier molecular flexibility index (Phi) is 9.68. The van der Waals surface area contributed by atoms with Gasteiger partial charge in [0.1, 0.15) is 0 Å². The van der Waals surface area contributed by atoms with Crippen LogP contribution < -0.4 is 35.2 Å². The molecule has 0 amide bonds. The molecule has 2 aliphatic rings. The molecule has 6 rings (SSSR count). The molecule has 202 valence electrons. The molecule has 2 aliphatic carbocycles. The van der Waals surface area contributed by atoms with E-state index in [0.29, 0.717) is 7.25 Å². The summed E-state index contributed by atoms with van der Waals surface area (Å²) in [6.07, 6.45) is 0. The maximum Gasteiger partial charge on any atom is -1.00 e. The van der Waals surface area contributed by atoms with Crippen molar-refractivity contribution in [3.05, 3.63) is 142 Å². The fourth-order valence-corrected chi connectivity index (χ4v) is 33.1. The Labute approximate surface area is 260 Å². The summed E-state index contributed by atoms with van der Waals surface area (Å²) in [5.74, 6) is 0. The molecule has 0 spiro atoms. The minimum Gasteiger partial charge on any atom is -1.00 e. The van der Waals surface area contributed by atoms with Gasteiger partial charge in [-0.3, -0.25) is 0 Å². The average molecular weight is 659 g/mol. The number of hydrogen-bond acceptors (Lipinski definition) is 0. The number of fused-ring (bicyclic) bond motifs is 2. The van der Waals surface area contributed by atoms with E-state index in [4.69, 9.17) is 0 Å². The molecule has 4 aromatic carbocycles. The van der Waals surface area contributed by atoms with E-state index in [1.165, 1.54) is 33.4 Å². The molecular weight excluding hydrogens is 623 g/mol. The molecule has 4 heteroatoms. The van der Waals surface area contributed by atoms with Crippen LogP contribution in [-0.4, -0.2) is 5.43 Å². The summed E-state index contributed by atoms with van der Waals surface area (Å²) in [6.45, 7) is 14.4. The maximum atomic E-state index is 2.47. The van der Waals surface area contributed by atoms with E-state index in [0.717, 1.165) is 0 Å². The number of rotatable bonds is 4. The van der Waals surface area contributed by atoms with E-state index in [9.17, 15) is 0 Å². The third-order valence-corrected chi connectivity index (χ3v) is 30.1. The summed E-state index contributed by atoms with van der Waals surface area (Å²) in [5.41, 5.74) is 14.6. The van der Waals surface area contributed by atoms with Gasteiger partial charge in [0, 0.05) is 0 Å². The number of benzene rings is 4. The van der Waals surface area contributed by atoms with Gasteiger partial charge in [0.05, 0.1) is 0 Å². The fraction of sp³-hybridized carbons (Fsp3) is 0.222. The van der Waals surface area contributed by atoms with Gasteiger partial charge < -0.3 is 24.8 Å². The van der Waals surface area contributed by atoms with Gasteiger partial charge in [-0.25, -0.2) is 0 Å². The second kappa shape index (κ2) is 12.5. The molecule has 0 aliphatic heterocycles. The molecule has 0 fully saturated rings. The van der Waals surface area contributed by atoms with Crippen molar-refractivity contribution < 1.29 is 45.2 Å². The molecule has 0 nitrogen and oxygen atoms in total. The summed E-state index contributed by atoms with van der Waals surface area (Å²) in [4.78, 5) is 0. The van der Waals surface area contributed by atoms with Gasteiger partial charge in [-0.15, -0.1) is 0 Å². The Balaban J connectivity index is 0.00000185. The predicted molar refractivity (Wildman–Crippen MR) is 162 cm³/mol. The average Bonchev–Trinajstić information content (AvgIpc) is 3.35. The minimum atomic E-state index is -2.51. The van der Waals surface area contributed by atoms with E-state index >= 15 is 0 Å². The minimum absolute atomic E-state index is 0. The number of aryl methyl sites for hydroxylation is 2. The van der Waals surface area contributed by atoms with Gasteiger partial charge in [0.2, 0.25) is 0 Å². The van der Waals surface area contributed by atoms with Gasteiger partial charge >= 0.3 is 238 Å². The second-order valence-electron chi connectivity index (χ2n) is 11.1. The van der Waals surface area contributed by atoms with Crippen molar-refractivity contribution in [1.82, 2.24) is 0 Å². The fourth-order valence-electron chi connectivity index (χ4n) is 7.02. The summed E-state index contributed by atoms with van der Waals surface area (Å²) in [6, 6.07) is 37.3. The van der Waals surface area contributed by atoms with Gasteiger partial charge in [-0.2, -0.15) is 0 Å². The topological polar surface area (TPSA) is 0 Å². The second-order valence-corrected chi connectivity index (χ2v) is 25.2. The summed E-state index contributed by atoms with van der Waals surface area (Å²) in [7, 11) is 0. The van der Waals surface area contributed by atoms with Crippen molar-refractivity contribution in [3.8, 4) is 0 Å². The molecule has 40 heavy (non-hydrogen) atoms. The van der Waals surface area contributed by atoms with Crippen LogP contribution in [0.25, 0.3) is 11.1 Å². The van der Waals surface area contributed by atoms with E-state index in [1.54, 1.807) is 32.6 Å². The van der Waals surface area contributed by atoms with Gasteiger partial charge in [-0.1, -0.05) is 0 Å². The van der Waals surface area contributed by atoms with Crippen LogP contribution in [0.3, 0.4) is 0 Å². The number of hydrogen-bond donors (Lipinski definition) is 0. The zero-order chi connectivity index (χ0) is 26.6. The Bertz CT molecular complexity index is 1540. The quantitative estimate of drug-likeness (QED) is 0.295. The van der Waals surface area contributed by atoms with Crippen LogP contribution in [-0.2, 0) is 20.4 Å². The van der Waals surface area contributed by atoms with Crippen molar-refractivity contribution in [2.75, 3.05) is 0 Å². The van der Waals surface area contributed by atoms with Crippen molar-refractivity contribution in [2.24, 2.45) is 0 Å². The van der Waals surface area contributed by atoms with E-state index in [-0.39, 0.29) is 24.8 Å². The van der Waals surface area contributed by atoms with Crippen LogP contribution in [0.2, 0.25) is 0 Å². The molecule has 0 saturated carbocycles. The van der Waals surface area contributed by atoms with Crippen LogP contribution in [0.4, 0.5) is 0 Å². The van der Waals surface area contributed by atoms with Crippen LogP contribution in [0.5, 0.6) is 0 Å². The third-order valence-electron chi connectivity index (χ3n) is 9.12. The Morgan fingerprint density at radius 1 is 0.475 bits per heavy atom.